The van der Waals surface area contributed by atoms with Crippen LogP contribution in [0.5, 0.6) is 5.75 Å². The van der Waals surface area contributed by atoms with Crippen molar-refractivity contribution in [2.24, 2.45) is 5.16 Å². The largest absolute Gasteiger partial charge is 0.495 e. The predicted molar refractivity (Wildman–Crippen MR) is 129 cm³/mol. The summed E-state index contributed by atoms with van der Waals surface area (Å²) in [7, 11) is 3.47. The predicted octanol–water partition coefficient (Wildman–Crippen LogP) is 3.04. The van der Waals surface area contributed by atoms with Crippen LogP contribution in [0.15, 0.2) is 64.9 Å². The van der Waals surface area contributed by atoms with E-state index in [1.54, 1.807) is 25.3 Å². The van der Waals surface area contributed by atoms with Gasteiger partial charge in [0, 0.05) is 31.7 Å². The first-order valence-electron chi connectivity index (χ1n) is 11.0. The summed E-state index contributed by atoms with van der Waals surface area (Å²) in [6.07, 6.45) is 6.32. The highest BCUT2D eigenvalue weighted by molar-refractivity contribution is 6.40. The molecule has 1 aliphatic carbocycles. The summed E-state index contributed by atoms with van der Waals surface area (Å²) in [6.45, 7) is 3.63. The van der Waals surface area contributed by atoms with E-state index in [1.807, 2.05) is 49.8 Å². The van der Waals surface area contributed by atoms with Crippen molar-refractivity contribution >= 4 is 19.8 Å². The van der Waals surface area contributed by atoms with Gasteiger partial charge in [0.15, 0.2) is 5.84 Å². The Morgan fingerprint density at radius 2 is 2.24 bits per heavy atom. The fourth-order valence-electron chi connectivity index (χ4n) is 4.27. The molecule has 178 valence electrons. The molecule has 7 nitrogen and oxygen atoms in total. The first-order valence-corrected chi connectivity index (χ1v) is 11.0. The van der Waals surface area contributed by atoms with Gasteiger partial charge in [-0.1, -0.05) is 17.3 Å². The number of nitrogens with zero attached hydrogens (tertiary/aromatic N) is 4. The van der Waals surface area contributed by atoms with Gasteiger partial charge < -0.3 is 24.1 Å². The molecule has 1 aromatic carbocycles. The van der Waals surface area contributed by atoms with Crippen LogP contribution >= 0.6 is 0 Å². The van der Waals surface area contributed by atoms with E-state index in [1.165, 1.54) is 6.08 Å². The molecule has 0 radical (unpaired) electrons. The van der Waals surface area contributed by atoms with E-state index < -0.39 is 17.7 Å². The zero-order valence-electron chi connectivity index (χ0n) is 19.6. The number of aliphatic hydroxyl groups is 1. The Balaban J connectivity index is 1.64. The highest BCUT2D eigenvalue weighted by Gasteiger charge is 2.46. The lowest BCUT2D eigenvalue weighted by atomic mass is 9.88. The zero-order valence-corrected chi connectivity index (χ0v) is 19.6. The second-order valence-corrected chi connectivity index (χ2v) is 8.49. The molecule has 0 spiro atoms. The van der Waals surface area contributed by atoms with Gasteiger partial charge in [0.2, 0.25) is 5.72 Å². The third-order valence-electron chi connectivity index (χ3n) is 6.00. The Morgan fingerprint density at radius 1 is 1.44 bits per heavy atom. The Kier molecular flexibility index (Phi) is 6.61. The molecule has 2 unspecified atom stereocenters. The minimum atomic E-state index is -1.44. The number of imidazole rings is 1. The number of halogens is 2. The molecule has 0 saturated heterocycles. The molecular weight excluding hydrogens is 441 g/mol. The summed E-state index contributed by atoms with van der Waals surface area (Å²) in [5.74, 6) is 0.504. The molecule has 10 heteroatoms. The van der Waals surface area contributed by atoms with Crippen LogP contribution in [0.4, 0.5) is 8.78 Å². The summed E-state index contributed by atoms with van der Waals surface area (Å²) < 4.78 is 35.5. The minimum Gasteiger partial charge on any atom is -0.495 e. The Bertz CT molecular complexity index is 1210. The fraction of sp³-hybridized carbons (Fsp3) is 0.333. The lowest BCUT2D eigenvalue weighted by molar-refractivity contribution is -0.0605. The molecule has 0 fully saturated rings. The van der Waals surface area contributed by atoms with Crippen molar-refractivity contribution in [3.63, 3.8) is 0 Å². The van der Waals surface area contributed by atoms with Gasteiger partial charge in [-0.05, 0) is 42.2 Å². The number of ether oxygens (including phenoxy) is 1. The molecule has 1 aliphatic heterocycles. The average Bonchev–Trinajstić information content (AvgIpc) is 3.37. The molecule has 2 aliphatic rings. The smallest absolute Gasteiger partial charge is 0.231 e. The number of aliphatic hydroxyl groups excluding tert-OH is 1. The van der Waals surface area contributed by atoms with Crippen molar-refractivity contribution in [1.82, 2.24) is 14.5 Å². The molecule has 1 N–H and O–H groups in total. The number of amidine groups is 1. The standard InChI is InChI=1S/C24H27BF2N4O3/c1-15-13-30(14-28-15)21-5-4-16(9-22(21)33-3)8-20(25)23-29-34-24(2,31(23)6-7-32)17-10-18(26)12-19(27)11-17/h4-5,8-10,12-14,19,32H,6-7,11,25H2,1-3H3/b20-8+. The second kappa shape index (κ2) is 9.46. The van der Waals surface area contributed by atoms with E-state index in [-0.39, 0.29) is 19.6 Å². The molecular formula is C24H27BF2N4O3. The van der Waals surface area contributed by atoms with E-state index in [0.717, 1.165) is 28.5 Å². The van der Waals surface area contributed by atoms with Gasteiger partial charge in [-0.25, -0.2) is 13.8 Å². The Labute approximate surface area is 198 Å². The first kappa shape index (κ1) is 23.8. The van der Waals surface area contributed by atoms with Crippen LogP contribution in [0.2, 0.25) is 0 Å². The van der Waals surface area contributed by atoms with Gasteiger partial charge in [0.1, 0.15) is 25.6 Å². The third kappa shape index (κ3) is 4.50. The van der Waals surface area contributed by atoms with Crippen molar-refractivity contribution < 1.29 is 23.5 Å². The molecule has 34 heavy (non-hydrogen) atoms. The van der Waals surface area contributed by atoms with Crippen molar-refractivity contribution in [1.29, 1.82) is 0 Å². The third-order valence-corrected chi connectivity index (χ3v) is 6.00. The number of rotatable bonds is 7. The van der Waals surface area contributed by atoms with E-state index in [2.05, 4.69) is 10.1 Å². The molecule has 4 rings (SSSR count). The minimum absolute atomic E-state index is 0.0101. The molecule has 0 bridgehead atoms. The van der Waals surface area contributed by atoms with Crippen molar-refractivity contribution in [2.75, 3.05) is 20.3 Å². The van der Waals surface area contributed by atoms with Crippen LogP contribution in [0.1, 0.15) is 24.6 Å². The maximum absolute atomic E-state index is 14.0. The van der Waals surface area contributed by atoms with Crippen molar-refractivity contribution in [3.05, 3.63) is 71.0 Å². The van der Waals surface area contributed by atoms with E-state index in [9.17, 15) is 13.9 Å². The van der Waals surface area contributed by atoms with Crippen LogP contribution in [0, 0.1) is 6.92 Å². The van der Waals surface area contributed by atoms with Crippen LogP contribution in [-0.2, 0) is 4.84 Å². The number of hydrogen-bond donors (Lipinski definition) is 1. The summed E-state index contributed by atoms with van der Waals surface area (Å²) >= 11 is 0. The van der Waals surface area contributed by atoms with Gasteiger partial charge in [-0.15, -0.1) is 0 Å². The number of hydrogen-bond acceptors (Lipinski definition) is 6. The monoisotopic (exact) mass is 468 g/mol. The van der Waals surface area contributed by atoms with Crippen molar-refractivity contribution in [3.8, 4) is 11.4 Å². The van der Waals surface area contributed by atoms with Crippen molar-refractivity contribution in [2.45, 2.75) is 32.2 Å². The number of allylic oxidation sites excluding steroid dienone is 3. The van der Waals surface area contributed by atoms with E-state index in [4.69, 9.17) is 9.57 Å². The van der Waals surface area contributed by atoms with Gasteiger partial charge in [-0.2, -0.15) is 0 Å². The number of β-amino-alcohol motifs (C(OH)–C–C–N with tert-alkyl or cyclic N) is 1. The number of alkyl halides is 1. The van der Waals surface area contributed by atoms with Crippen LogP contribution < -0.4 is 4.74 Å². The molecule has 2 atom stereocenters. The maximum atomic E-state index is 14.0. The zero-order chi connectivity index (χ0) is 24.5. The van der Waals surface area contributed by atoms with Crippen LogP contribution in [0.25, 0.3) is 11.8 Å². The highest BCUT2D eigenvalue weighted by Crippen LogP contribution is 2.38. The topological polar surface area (TPSA) is 72.1 Å². The number of aromatic nitrogens is 2. The van der Waals surface area contributed by atoms with Gasteiger partial charge in [0.05, 0.1) is 31.4 Å². The molecule has 0 saturated carbocycles. The Hall–Kier alpha value is -3.40. The quantitative estimate of drug-likeness (QED) is 0.633. The second-order valence-electron chi connectivity index (χ2n) is 8.49. The van der Waals surface area contributed by atoms with Crippen LogP contribution in [-0.4, -0.2) is 65.4 Å². The molecule has 0 amide bonds. The molecule has 2 heterocycles. The average molecular weight is 468 g/mol. The van der Waals surface area contributed by atoms with E-state index in [0.29, 0.717) is 17.2 Å². The lowest BCUT2D eigenvalue weighted by Gasteiger charge is -2.37. The van der Waals surface area contributed by atoms with Gasteiger partial charge >= 0.3 is 0 Å². The van der Waals surface area contributed by atoms with Gasteiger partial charge in [0.25, 0.3) is 0 Å². The van der Waals surface area contributed by atoms with Crippen LogP contribution in [0.3, 0.4) is 0 Å². The van der Waals surface area contributed by atoms with E-state index >= 15 is 0 Å². The molecule has 2 aromatic rings. The maximum Gasteiger partial charge on any atom is 0.231 e. The SMILES string of the molecule is B/C(=C/c1ccc(-n2cnc(C)c2)c(OC)c1)C1=NOC(C)(C2=CC(F)=CC(F)C2)N1CCO. The summed E-state index contributed by atoms with van der Waals surface area (Å²) in [5.41, 5.74) is 2.59. The number of oxime groups is 1. The summed E-state index contributed by atoms with van der Waals surface area (Å²) in [4.78, 5) is 11.7. The van der Waals surface area contributed by atoms with Gasteiger partial charge in [-0.3, -0.25) is 0 Å². The summed E-state index contributed by atoms with van der Waals surface area (Å²) in [5, 5.41) is 13.9. The first-order chi connectivity index (χ1) is 16.2. The fourth-order valence-corrected chi connectivity index (χ4v) is 4.27. The lowest BCUT2D eigenvalue weighted by Crippen LogP contribution is -2.50. The normalized spacial score (nSPS) is 22.8. The summed E-state index contributed by atoms with van der Waals surface area (Å²) in [6, 6.07) is 5.78. The highest BCUT2D eigenvalue weighted by atomic mass is 19.1. The number of methoxy groups -OCH3 is 1. The Morgan fingerprint density at radius 3 is 2.88 bits per heavy atom. The number of benzene rings is 1. The number of aryl methyl sites for hydroxylation is 1. The molecule has 1 aromatic heterocycles.